The number of aliphatic carboxylic acids is 1. The molecule has 0 saturated heterocycles. The lowest BCUT2D eigenvalue weighted by Crippen LogP contribution is -2.22. The zero-order valence-electron chi connectivity index (χ0n) is 23.1. The van der Waals surface area contributed by atoms with E-state index in [4.69, 9.17) is 16.1 Å². The predicted octanol–water partition coefficient (Wildman–Crippen LogP) is 0.746. The summed E-state index contributed by atoms with van der Waals surface area (Å²) in [5, 5.41) is 41.4. The highest BCUT2D eigenvalue weighted by Crippen LogP contribution is 2.26. The monoisotopic (exact) mass is 598 g/mol. The SMILES string of the molecule is C=C(N)Nc1nc(/N=C\COO)nc(Nc2ccc(Nc3nc(NCCN(C)C)nc(NCC(=O)O)n3)c(C(=O)O)c2)n1. The quantitative estimate of drug-likeness (QED) is 0.0588. The molecule has 3 rings (SSSR count). The molecule has 0 spiro atoms. The predicted molar refractivity (Wildman–Crippen MR) is 156 cm³/mol. The molecule has 10 N–H and O–H groups in total. The van der Waals surface area contributed by atoms with Gasteiger partial charge in [0.05, 0.1) is 17.1 Å². The van der Waals surface area contributed by atoms with E-state index in [1.165, 1.54) is 24.4 Å². The highest BCUT2D eigenvalue weighted by Gasteiger charge is 2.16. The molecule has 2 aromatic heterocycles. The van der Waals surface area contributed by atoms with Crippen molar-refractivity contribution in [1.82, 2.24) is 34.8 Å². The molecule has 0 atom stereocenters. The molecule has 3 aromatic rings. The average molecular weight is 599 g/mol. The molecule has 0 saturated carbocycles. The Labute approximate surface area is 244 Å². The fourth-order valence-electron chi connectivity index (χ4n) is 3.12. The van der Waals surface area contributed by atoms with Crippen LogP contribution >= 0.6 is 0 Å². The van der Waals surface area contributed by atoms with Crippen LogP contribution in [0.3, 0.4) is 0 Å². The molecular formula is C23H30N14O6. The fraction of sp³-hybridized carbons (Fsp3) is 0.261. The average Bonchev–Trinajstić information content (AvgIpc) is 2.92. The van der Waals surface area contributed by atoms with Crippen molar-refractivity contribution in [2.75, 3.05) is 66.9 Å². The minimum Gasteiger partial charge on any atom is -0.480 e. The zero-order chi connectivity index (χ0) is 31.4. The third-order valence-corrected chi connectivity index (χ3v) is 4.88. The van der Waals surface area contributed by atoms with E-state index in [9.17, 15) is 14.7 Å². The minimum atomic E-state index is -1.28. The van der Waals surface area contributed by atoms with Gasteiger partial charge in [0.15, 0.2) is 0 Å². The van der Waals surface area contributed by atoms with Crippen LogP contribution in [-0.4, -0.2) is 109 Å². The molecule has 2 heterocycles. The van der Waals surface area contributed by atoms with Crippen LogP contribution < -0.4 is 32.3 Å². The van der Waals surface area contributed by atoms with E-state index in [0.29, 0.717) is 13.1 Å². The van der Waals surface area contributed by atoms with Crippen molar-refractivity contribution >= 4 is 65.2 Å². The number of rotatable bonds is 17. The molecule has 43 heavy (non-hydrogen) atoms. The third kappa shape index (κ3) is 10.6. The first kappa shape index (κ1) is 31.8. The first-order valence-electron chi connectivity index (χ1n) is 12.3. The molecule has 0 fully saturated rings. The minimum absolute atomic E-state index is 0.00375. The number of benzene rings is 1. The molecule has 0 aliphatic heterocycles. The second kappa shape index (κ2) is 15.3. The smallest absolute Gasteiger partial charge is 0.337 e. The molecule has 1 aromatic carbocycles. The van der Waals surface area contributed by atoms with Crippen LogP contribution in [0, 0.1) is 0 Å². The Hall–Kier alpha value is -5.73. The number of hydrogen-bond donors (Lipinski definition) is 9. The topological polar surface area (TPSA) is 283 Å². The van der Waals surface area contributed by atoms with Crippen molar-refractivity contribution in [2.45, 2.75) is 0 Å². The van der Waals surface area contributed by atoms with Crippen molar-refractivity contribution in [3.05, 3.63) is 36.2 Å². The number of carboxylic acids is 2. The number of nitrogens with one attached hydrogen (secondary N) is 5. The van der Waals surface area contributed by atoms with Crippen LogP contribution in [0.2, 0.25) is 0 Å². The number of likely N-dealkylation sites (N-methyl/N-ethyl adjacent to an activating group) is 1. The standard InChI is InChI=1S/C23H30N14O6/c1-12(24)28-21-32-19(26-7-9-43-42)33-22(36-21)29-13-4-5-15(14(10-13)17(40)41)30-23-34-18(25-6-8-37(2)3)31-20(35-23)27-11-16(38)39/h4-5,7,10,42H,1,6,8-9,11,24H2,2-3H3,(H,38,39)(H,40,41)(H2,28,29,32,33,36)(H3,25,27,30,31,34,35)/b26-7-. The van der Waals surface area contributed by atoms with Gasteiger partial charge in [-0.15, -0.1) is 0 Å². The number of aromatic carboxylic acids is 1. The van der Waals surface area contributed by atoms with Gasteiger partial charge >= 0.3 is 11.9 Å². The summed E-state index contributed by atoms with van der Waals surface area (Å²) in [5.41, 5.74) is 5.81. The van der Waals surface area contributed by atoms with Crippen LogP contribution in [0.25, 0.3) is 0 Å². The highest BCUT2D eigenvalue weighted by molar-refractivity contribution is 5.96. The lowest BCUT2D eigenvalue weighted by Gasteiger charge is -2.14. The summed E-state index contributed by atoms with van der Waals surface area (Å²) in [4.78, 5) is 57.9. The van der Waals surface area contributed by atoms with Crippen molar-refractivity contribution in [3.63, 3.8) is 0 Å². The van der Waals surface area contributed by atoms with Gasteiger partial charge in [-0.25, -0.2) is 14.7 Å². The third-order valence-electron chi connectivity index (χ3n) is 4.88. The second-order valence-corrected chi connectivity index (χ2v) is 8.64. The van der Waals surface area contributed by atoms with Crippen LogP contribution in [0.4, 0.5) is 47.1 Å². The fourth-order valence-corrected chi connectivity index (χ4v) is 3.12. The van der Waals surface area contributed by atoms with Crippen molar-refractivity contribution in [2.24, 2.45) is 10.7 Å². The molecule has 0 aliphatic rings. The number of aliphatic imine (C=N–C) groups is 1. The second-order valence-electron chi connectivity index (χ2n) is 8.64. The van der Waals surface area contributed by atoms with Gasteiger partial charge in [-0.3, -0.25) is 10.1 Å². The van der Waals surface area contributed by atoms with E-state index >= 15 is 0 Å². The number of nitrogens with two attached hydrogens (primary N) is 1. The Bertz CT molecular complexity index is 1480. The highest BCUT2D eigenvalue weighted by atomic mass is 17.1. The van der Waals surface area contributed by atoms with Gasteiger partial charge in [-0.1, -0.05) is 6.58 Å². The molecule has 20 heteroatoms. The molecule has 0 amide bonds. The molecule has 0 aliphatic carbocycles. The van der Waals surface area contributed by atoms with Crippen molar-refractivity contribution in [3.8, 4) is 0 Å². The maximum absolute atomic E-state index is 12.2. The molecule has 228 valence electrons. The molecule has 0 unspecified atom stereocenters. The number of aromatic nitrogens is 6. The van der Waals surface area contributed by atoms with Crippen LogP contribution in [0.5, 0.6) is 0 Å². The largest absolute Gasteiger partial charge is 0.480 e. The summed E-state index contributed by atoms with van der Waals surface area (Å²) in [6.07, 6.45) is 1.20. The van der Waals surface area contributed by atoms with E-state index < -0.39 is 18.5 Å². The van der Waals surface area contributed by atoms with Gasteiger partial charge in [0.2, 0.25) is 29.7 Å². The maximum Gasteiger partial charge on any atom is 0.337 e. The van der Waals surface area contributed by atoms with Crippen molar-refractivity contribution in [1.29, 1.82) is 0 Å². The summed E-state index contributed by atoms with van der Waals surface area (Å²) < 4.78 is 0. The van der Waals surface area contributed by atoms with Crippen molar-refractivity contribution < 1.29 is 29.9 Å². The number of hydrogen-bond acceptors (Lipinski definition) is 18. The summed E-state index contributed by atoms with van der Waals surface area (Å²) in [7, 11) is 3.78. The van der Waals surface area contributed by atoms with E-state index in [1.54, 1.807) is 0 Å². The van der Waals surface area contributed by atoms with Gasteiger partial charge in [0.25, 0.3) is 5.95 Å². The molecular weight excluding hydrogens is 568 g/mol. The maximum atomic E-state index is 12.2. The Morgan fingerprint density at radius 3 is 2.30 bits per heavy atom. The van der Waals surface area contributed by atoms with Crippen LogP contribution in [-0.2, 0) is 9.68 Å². The Morgan fingerprint density at radius 2 is 1.65 bits per heavy atom. The summed E-state index contributed by atoms with van der Waals surface area (Å²) >= 11 is 0. The summed E-state index contributed by atoms with van der Waals surface area (Å²) in [6, 6.07) is 4.31. The van der Waals surface area contributed by atoms with E-state index in [1.807, 2.05) is 19.0 Å². The van der Waals surface area contributed by atoms with Gasteiger partial charge in [0.1, 0.15) is 13.2 Å². The van der Waals surface area contributed by atoms with E-state index in [-0.39, 0.29) is 65.1 Å². The number of nitrogens with zero attached hydrogens (tertiary/aromatic N) is 8. The lowest BCUT2D eigenvalue weighted by molar-refractivity contribution is -0.226. The van der Waals surface area contributed by atoms with E-state index in [2.05, 4.69) is 72.9 Å². The van der Waals surface area contributed by atoms with Gasteiger partial charge in [0, 0.05) is 25.0 Å². The zero-order valence-corrected chi connectivity index (χ0v) is 23.1. The van der Waals surface area contributed by atoms with Crippen LogP contribution in [0.1, 0.15) is 10.4 Å². The number of carbonyl (C=O) groups is 2. The molecule has 20 nitrogen and oxygen atoms in total. The molecule has 0 radical (unpaired) electrons. The van der Waals surface area contributed by atoms with Gasteiger partial charge < -0.3 is 47.4 Å². The number of anilines is 7. The Balaban J connectivity index is 1.90. The Morgan fingerprint density at radius 1 is 1.00 bits per heavy atom. The first-order valence-corrected chi connectivity index (χ1v) is 12.3. The van der Waals surface area contributed by atoms with Crippen LogP contribution in [0.15, 0.2) is 35.6 Å². The van der Waals surface area contributed by atoms with E-state index in [0.717, 1.165) is 0 Å². The number of carboxylic acid groups (broad SMARTS) is 2. The molecule has 0 bridgehead atoms. The normalized spacial score (nSPS) is 10.9. The van der Waals surface area contributed by atoms with Gasteiger partial charge in [-0.05, 0) is 32.3 Å². The Kier molecular flexibility index (Phi) is 11.3. The first-order chi connectivity index (χ1) is 20.5. The lowest BCUT2D eigenvalue weighted by atomic mass is 10.1. The summed E-state index contributed by atoms with van der Waals surface area (Å²) in [6.45, 7) is 4.00. The van der Waals surface area contributed by atoms with Gasteiger partial charge in [-0.2, -0.15) is 29.9 Å². The summed E-state index contributed by atoms with van der Waals surface area (Å²) in [5.74, 6) is -2.39.